The van der Waals surface area contributed by atoms with E-state index in [1.54, 1.807) is 0 Å². The first-order valence-electron chi connectivity index (χ1n) is 6.80. The van der Waals surface area contributed by atoms with Crippen molar-refractivity contribution in [2.45, 2.75) is 46.2 Å². The first-order valence-corrected chi connectivity index (χ1v) is 6.80. The highest BCUT2D eigenvalue weighted by Crippen LogP contribution is 2.16. The number of hydrogen-bond donors (Lipinski definition) is 1. The summed E-state index contributed by atoms with van der Waals surface area (Å²) in [7, 11) is 0. The van der Waals surface area contributed by atoms with Gasteiger partial charge in [-0.1, -0.05) is 27.7 Å². The lowest BCUT2D eigenvalue weighted by molar-refractivity contribution is 0.586. The highest BCUT2D eigenvalue weighted by molar-refractivity contribution is 5.37. The zero-order valence-corrected chi connectivity index (χ0v) is 12.1. The Hall–Kier alpha value is -1.68. The molecule has 102 valence electrons. The molecule has 19 heavy (non-hydrogen) atoms. The molecule has 0 bridgehead atoms. The highest BCUT2D eigenvalue weighted by atomic mass is 15.3. The molecule has 0 aromatic carbocycles. The second-order valence-corrected chi connectivity index (χ2v) is 5.38. The molecule has 0 spiro atoms. The van der Waals surface area contributed by atoms with E-state index in [0.717, 1.165) is 17.9 Å². The van der Waals surface area contributed by atoms with Crippen molar-refractivity contribution in [3.05, 3.63) is 42.0 Å². The zero-order valence-electron chi connectivity index (χ0n) is 12.1. The Morgan fingerprint density at radius 1 is 1.21 bits per heavy atom. The first kappa shape index (κ1) is 13.7. The summed E-state index contributed by atoms with van der Waals surface area (Å²) in [5.74, 6) is 0.440. The Labute approximate surface area is 114 Å². The molecular formula is C15H22N4. The van der Waals surface area contributed by atoms with Gasteiger partial charge >= 0.3 is 0 Å². The van der Waals surface area contributed by atoms with Crippen molar-refractivity contribution in [3.63, 3.8) is 0 Å². The van der Waals surface area contributed by atoms with Gasteiger partial charge in [0, 0.05) is 25.0 Å². The number of nitrogens with one attached hydrogen (secondary N) is 1. The molecule has 0 saturated carbocycles. The molecule has 0 amide bonds. The quantitative estimate of drug-likeness (QED) is 0.896. The van der Waals surface area contributed by atoms with Crippen LogP contribution in [-0.4, -0.2) is 20.8 Å². The fourth-order valence-electron chi connectivity index (χ4n) is 1.86. The van der Waals surface area contributed by atoms with Crippen LogP contribution in [0, 0.1) is 0 Å². The third-order valence-corrected chi connectivity index (χ3v) is 3.04. The summed E-state index contributed by atoms with van der Waals surface area (Å²) < 4.78 is 1.92. The van der Waals surface area contributed by atoms with E-state index in [0.29, 0.717) is 12.0 Å². The third kappa shape index (κ3) is 3.41. The lowest BCUT2D eigenvalue weighted by Gasteiger charge is -2.12. The standard InChI is InChI=1S/C15H22N4/c1-11(2)14-6-8-19(18-14)15-10-16-7-5-13(15)9-17-12(3)4/h5-8,10-12,17H,9H2,1-4H3. The van der Waals surface area contributed by atoms with Crippen LogP contribution in [0.2, 0.25) is 0 Å². The van der Waals surface area contributed by atoms with Crippen LogP contribution in [0.25, 0.3) is 5.69 Å². The number of nitrogens with zero attached hydrogens (tertiary/aromatic N) is 3. The van der Waals surface area contributed by atoms with Gasteiger partial charge in [-0.3, -0.25) is 4.98 Å². The van der Waals surface area contributed by atoms with Crippen LogP contribution in [0.4, 0.5) is 0 Å². The summed E-state index contributed by atoms with van der Waals surface area (Å²) in [5, 5.41) is 8.05. The Morgan fingerprint density at radius 3 is 2.63 bits per heavy atom. The Morgan fingerprint density at radius 2 is 2.00 bits per heavy atom. The van der Waals surface area contributed by atoms with Gasteiger partial charge in [-0.25, -0.2) is 4.68 Å². The SMILES string of the molecule is CC(C)NCc1ccncc1-n1ccc(C(C)C)n1. The minimum Gasteiger partial charge on any atom is -0.310 e. The van der Waals surface area contributed by atoms with Gasteiger partial charge < -0.3 is 5.32 Å². The smallest absolute Gasteiger partial charge is 0.0873 e. The minimum atomic E-state index is 0.440. The number of aromatic nitrogens is 3. The molecule has 2 rings (SSSR count). The maximum atomic E-state index is 4.62. The van der Waals surface area contributed by atoms with Crippen molar-refractivity contribution < 1.29 is 0 Å². The summed E-state index contributed by atoms with van der Waals surface area (Å²) >= 11 is 0. The number of rotatable bonds is 5. The number of hydrogen-bond acceptors (Lipinski definition) is 3. The van der Waals surface area contributed by atoms with Crippen molar-refractivity contribution in [3.8, 4) is 5.69 Å². The molecule has 0 saturated heterocycles. The fraction of sp³-hybridized carbons (Fsp3) is 0.467. The third-order valence-electron chi connectivity index (χ3n) is 3.04. The van der Waals surface area contributed by atoms with Crippen LogP contribution >= 0.6 is 0 Å². The van der Waals surface area contributed by atoms with Gasteiger partial charge in [-0.2, -0.15) is 5.10 Å². The Kier molecular flexibility index (Phi) is 4.32. The molecule has 0 fully saturated rings. The molecular weight excluding hydrogens is 236 g/mol. The summed E-state index contributed by atoms with van der Waals surface area (Å²) in [5.41, 5.74) is 3.36. The molecule has 0 aliphatic carbocycles. The van der Waals surface area contributed by atoms with Crippen molar-refractivity contribution in [1.29, 1.82) is 0 Å². The largest absolute Gasteiger partial charge is 0.310 e. The molecule has 0 radical (unpaired) electrons. The van der Waals surface area contributed by atoms with Crippen LogP contribution in [0.3, 0.4) is 0 Å². The predicted octanol–water partition coefficient (Wildman–Crippen LogP) is 2.89. The average molecular weight is 258 g/mol. The Balaban J connectivity index is 2.27. The topological polar surface area (TPSA) is 42.7 Å². The zero-order chi connectivity index (χ0) is 13.8. The minimum absolute atomic E-state index is 0.440. The van der Waals surface area contributed by atoms with Gasteiger partial charge in [0.2, 0.25) is 0 Å². The summed E-state index contributed by atoms with van der Waals surface area (Å²) in [4.78, 5) is 4.21. The summed E-state index contributed by atoms with van der Waals surface area (Å²) in [6.45, 7) is 9.41. The molecule has 1 N–H and O–H groups in total. The average Bonchev–Trinajstić information content (AvgIpc) is 2.86. The lowest BCUT2D eigenvalue weighted by Crippen LogP contribution is -2.22. The van der Waals surface area contributed by atoms with Crippen molar-refractivity contribution in [2.75, 3.05) is 0 Å². The predicted molar refractivity (Wildman–Crippen MR) is 77.4 cm³/mol. The molecule has 0 unspecified atom stereocenters. The lowest BCUT2D eigenvalue weighted by atomic mass is 10.1. The molecule has 2 heterocycles. The van der Waals surface area contributed by atoms with Gasteiger partial charge in [-0.15, -0.1) is 0 Å². The van der Waals surface area contributed by atoms with E-state index in [1.807, 2.05) is 29.3 Å². The highest BCUT2D eigenvalue weighted by Gasteiger charge is 2.08. The normalized spacial score (nSPS) is 11.5. The van der Waals surface area contributed by atoms with E-state index >= 15 is 0 Å². The van der Waals surface area contributed by atoms with Gasteiger partial charge in [0.1, 0.15) is 0 Å². The molecule has 0 aliphatic heterocycles. The van der Waals surface area contributed by atoms with Crippen molar-refractivity contribution in [2.24, 2.45) is 0 Å². The molecule has 2 aromatic rings. The van der Waals surface area contributed by atoms with E-state index in [1.165, 1.54) is 5.56 Å². The molecule has 2 aromatic heterocycles. The molecule has 0 aliphatic rings. The monoisotopic (exact) mass is 258 g/mol. The van der Waals surface area contributed by atoms with Crippen molar-refractivity contribution >= 4 is 0 Å². The van der Waals surface area contributed by atoms with Crippen LogP contribution < -0.4 is 5.32 Å². The van der Waals surface area contributed by atoms with E-state index < -0.39 is 0 Å². The second kappa shape index (κ2) is 5.97. The van der Waals surface area contributed by atoms with Gasteiger partial charge in [-0.05, 0) is 23.6 Å². The first-order chi connectivity index (χ1) is 9.08. The summed E-state index contributed by atoms with van der Waals surface area (Å²) in [6, 6.07) is 4.57. The van der Waals surface area contributed by atoms with E-state index in [2.05, 4.69) is 49.2 Å². The van der Waals surface area contributed by atoms with Crippen LogP contribution in [-0.2, 0) is 6.54 Å². The second-order valence-electron chi connectivity index (χ2n) is 5.38. The Bertz CT molecular complexity index is 528. The van der Waals surface area contributed by atoms with Gasteiger partial charge in [0.15, 0.2) is 0 Å². The maximum Gasteiger partial charge on any atom is 0.0873 e. The summed E-state index contributed by atoms with van der Waals surface area (Å²) in [6.07, 6.45) is 5.70. The van der Waals surface area contributed by atoms with E-state index in [-0.39, 0.29) is 0 Å². The maximum absolute atomic E-state index is 4.62. The van der Waals surface area contributed by atoms with Gasteiger partial charge in [0.05, 0.1) is 17.6 Å². The molecule has 4 heteroatoms. The number of pyridine rings is 1. The van der Waals surface area contributed by atoms with E-state index in [9.17, 15) is 0 Å². The van der Waals surface area contributed by atoms with E-state index in [4.69, 9.17) is 0 Å². The van der Waals surface area contributed by atoms with Crippen molar-refractivity contribution in [1.82, 2.24) is 20.1 Å². The fourth-order valence-corrected chi connectivity index (χ4v) is 1.86. The molecule has 4 nitrogen and oxygen atoms in total. The van der Waals surface area contributed by atoms with Crippen LogP contribution in [0.5, 0.6) is 0 Å². The van der Waals surface area contributed by atoms with Crippen LogP contribution in [0.1, 0.15) is 44.9 Å². The van der Waals surface area contributed by atoms with Crippen LogP contribution in [0.15, 0.2) is 30.7 Å². The van der Waals surface area contributed by atoms with Gasteiger partial charge in [0.25, 0.3) is 0 Å². The molecule has 0 atom stereocenters.